The van der Waals surface area contributed by atoms with E-state index in [0.717, 1.165) is 16.9 Å². The van der Waals surface area contributed by atoms with E-state index >= 15 is 0 Å². The normalized spacial score (nSPS) is 10.0. The summed E-state index contributed by atoms with van der Waals surface area (Å²) >= 11 is 0. The average Bonchev–Trinajstić information content (AvgIpc) is 2.71. The first-order chi connectivity index (χ1) is 13.0. The maximum atomic E-state index is 12.1. The molecular weight excluding hydrogens is 348 g/mol. The van der Waals surface area contributed by atoms with Gasteiger partial charge in [0, 0.05) is 18.2 Å². The van der Waals surface area contributed by atoms with Crippen molar-refractivity contribution >= 4 is 11.8 Å². The number of nitrogens with one attached hydrogen (secondary N) is 2. The Balaban J connectivity index is 1.78. The molecule has 0 aliphatic heterocycles. The molecule has 144 valence electrons. The van der Waals surface area contributed by atoms with Gasteiger partial charge in [-0.25, -0.2) is 0 Å². The van der Waals surface area contributed by atoms with Gasteiger partial charge in [-0.15, -0.1) is 0 Å². The molecule has 0 bridgehead atoms. The van der Waals surface area contributed by atoms with Crippen LogP contribution in [0.2, 0.25) is 0 Å². The van der Waals surface area contributed by atoms with Gasteiger partial charge < -0.3 is 24.8 Å². The zero-order chi connectivity index (χ0) is 19.6. The number of benzene rings is 2. The highest BCUT2D eigenvalue weighted by atomic mass is 16.5. The first-order valence-corrected chi connectivity index (χ1v) is 8.43. The van der Waals surface area contributed by atoms with Crippen LogP contribution in [0.5, 0.6) is 17.2 Å². The van der Waals surface area contributed by atoms with E-state index in [-0.39, 0.29) is 24.8 Å². The molecule has 2 amide bonds. The summed E-state index contributed by atoms with van der Waals surface area (Å²) in [7, 11) is 4.69. The fraction of sp³-hybridized carbons (Fsp3) is 0.300. The van der Waals surface area contributed by atoms with Crippen LogP contribution < -0.4 is 24.8 Å². The number of carbonyl (C=O) groups is 2. The number of hydrogen-bond donors (Lipinski definition) is 2. The molecule has 2 N–H and O–H groups in total. The van der Waals surface area contributed by atoms with Crippen molar-refractivity contribution in [3.63, 3.8) is 0 Å². The minimum absolute atomic E-state index is 0.0898. The lowest BCUT2D eigenvalue weighted by atomic mass is 10.1. The van der Waals surface area contributed by atoms with Crippen LogP contribution in [0.3, 0.4) is 0 Å². The van der Waals surface area contributed by atoms with Crippen molar-refractivity contribution in [1.29, 1.82) is 0 Å². The van der Waals surface area contributed by atoms with Crippen molar-refractivity contribution in [2.45, 2.75) is 13.0 Å². The second-order valence-electron chi connectivity index (χ2n) is 5.76. The number of carbonyl (C=O) groups excluding carboxylic acids is 2. The van der Waals surface area contributed by atoms with Gasteiger partial charge in [0.25, 0.3) is 0 Å². The maximum Gasteiger partial charge on any atom is 0.239 e. The van der Waals surface area contributed by atoms with Crippen LogP contribution in [-0.2, 0) is 22.6 Å². The van der Waals surface area contributed by atoms with Crippen LogP contribution >= 0.6 is 0 Å². The number of hydrogen-bond acceptors (Lipinski definition) is 5. The van der Waals surface area contributed by atoms with Crippen molar-refractivity contribution in [2.75, 3.05) is 27.9 Å². The summed E-state index contributed by atoms with van der Waals surface area (Å²) in [6, 6.07) is 12.6. The van der Waals surface area contributed by atoms with E-state index in [4.69, 9.17) is 14.2 Å². The summed E-state index contributed by atoms with van der Waals surface area (Å²) in [6.45, 7) is 0.290. The molecule has 27 heavy (non-hydrogen) atoms. The van der Waals surface area contributed by atoms with Crippen molar-refractivity contribution < 1.29 is 23.8 Å². The highest BCUT2D eigenvalue weighted by Crippen LogP contribution is 2.24. The third-order valence-electron chi connectivity index (χ3n) is 3.94. The molecule has 0 saturated carbocycles. The largest absolute Gasteiger partial charge is 0.497 e. The van der Waals surface area contributed by atoms with E-state index in [9.17, 15) is 9.59 Å². The Morgan fingerprint density at radius 3 is 2.11 bits per heavy atom. The molecule has 7 heteroatoms. The first-order valence-electron chi connectivity index (χ1n) is 8.43. The highest BCUT2D eigenvalue weighted by Gasteiger charge is 2.11. The lowest BCUT2D eigenvalue weighted by Gasteiger charge is -2.11. The maximum absolute atomic E-state index is 12.1. The molecule has 0 aliphatic carbocycles. The zero-order valence-corrected chi connectivity index (χ0v) is 15.7. The predicted octanol–water partition coefficient (Wildman–Crippen LogP) is 1.69. The van der Waals surface area contributed by atoms with Crippen LogP contribution in [0.1, 0.15) is 11.1 Å². The fourth-order valence-corrected chi connectivity index (χ4v) is 2.42. The van der Waals surface area contributed by atoms with Gasteiger partial charge in [0.1, 0.15) is 17.2 Å². The third-order valence-corrected chi connectivity index (χ3v) is 3.94. The summed E-state index contributed by atoms with van der Waals surface area (Å²) in [5.74, 6) is 1.44. The summed E-state index contributed by atoms with van der Waals surface area (Å²) in [6.07, 6.45) is 0.110. The Morgan fingerprint density at radius 1 is 0.815 bits per heavy atom. The lowest BCUT2D eigenvalue weighted by molar-refractivity contribution is -0.125. The Labute approximate surface area is 158 Å². The van der Waals surface area contributed by atoms with E-state index in [1.54, 1.807) is 32.4 Å². The number of rotatable bonds is 9. The van der Waals surface area contributed by atoms with Crippen LogP contribution in [0.25, 0.3) is 0 Å². The summed E-state index contributed by atoms with van der Waals surface area (Å²) < 4.78 is 15.5. The van der Waals surface area contributed by atoms with Gasteiger partial charge in [-0.2, -0.15) is 0 Å². The van der Waals surface area contributed by atoms with Crippen LogP contribution in [0.15, 0.2) is 42.5 Å². The topological polar surface area (TPSA) is 85.9 Å². The second-order valence-corrected chi connectivity index (χ2v) is 5.76. The number of ether oxygens (including phenoxy) is 3. The molecule has 7 nitrogen and oxygen atoms in total. The fourth-order valence-electron chi connectivity index (χ4n) is 2.42. The summed E-state index contributed by atoms with van der Waals surface area (Å²) in [4.78, 5) is 24.0. The Hall–Kier alpha value is -3.22. The standard InChI is InChI=1S/C20H24N2O5/c1-25-16-7-4-14(5-8-16)12-21-20(24)13-22-19(23)10-15-6-9-17(26-2)11-18(15)27-3/h4-9,11H,10,12-13H2,1-3H3,(H,21,24)(H,22,23). The minimum Gasteiger partial charge on any atom is -0.497 e. The monoisotopic (exact) mass is 372 g/mol. The van der Waals surface area contributed by atoms with Gasteiger partial charge in [0.15, 0.2) is 0 Å². The molecule has 0 aromatic heterocycles. The molecule has 0 saturated heterocycles. The average molecular weight is 372 g/mol. The Bertz CT molecular complexity index is 774. The Morgan fingerprint density at radius 2 is 1.48 bits per heavy atom. The molecule has 2 aromatic rings. The van der Waals surface area contributed by atoms with Gasteiger partial charge in [0.2, 0.25) is 11.8 Å². The molecule has 2 aromatic carbocycles. The van der Waals surface area contributed by atoms with E-state index in [0.29, 0.717) is 18.0 Å². The van der Waals surface area contributed by atoms with Crippen molar-refractivity contribution in [3.8, 4) is 17.2 Å². The van der Waals surface area contributed by atoms with E-state index in [1.807, 2.05) is 24.3 Å². The molecule has 2 rings (SSSR count). The quantitative estimate of drug-likeness (QED) is 0.700. The van der Waals surface area contributed by atoms with E-state index in [1.165, 1.54) is 7.11 Å². The lowest BCUT2D eigenvalue weighted by Crippen LogP contribution is -2.37. The first kappa shape index (κ1) is 20.1. The zero-order valence-electron chi connectivity index (χ0n) is 15.7. The molecule has 0 heterocycles. The molecular formula is C20H24N2O5. The third kappa shape index (κ3) is 6.22. The molecule has 0 spiro atoms. The smallest absolute Gasteiger partial charge is 0.239 e. The van der Waals surface area contributed by atoms with Crippen LogP contribution in [-0.4, -0.2) is 39.7 Å². The SMILES string of the molecule is COc1ccc(CNC(=O)CNC(=O)Cc2ccc(OC)cc2OC)cc1. The Kier molecular flexibility index (Phi) is 7.49. The van der Waals surface area contributed by atoms with Crippen molar-refractivity contribution in [2.24, 2.45) is 0 Å². The van der Waals surface area contributed by atoms with Gasteiger partial charge in [-0.3, -0.25) is 9.59 Å². The molecule has 0 fully saturated rings. The van der Waals surface area contributed by atoms with Gasteiger partial charge in [-0.05, 0) is 23.8 Å². The number of methoxy groups -OCH3 is 3. The molecule has 0 unspecified atom stereocenters. The van der Waals surface area contributed by atoms with E-state index in [2.05, 4.69) is 10.6 Å². The van der Waals surface area contributed by atoms with E-state index < -0.39 is 0 Å². The van der Waals surface area contributed by atoms with Gasteiger partial charge in [-0.1, -0.05) is 18.2 Å². The van der Waals surface area contributed by atoms with Crippen LogP contribution in [0.4, 0.5) is 0 Å². The molecule has 0 aliphatic rings. The predicted molar refractivity (Wildman–Crippen MR) is 101 cm³/mol. The van der Waals surface area contributed by atoms with Crippen LogP contribution in [0, 0.1) is 0 Å². The molecule has 0 radical (unpaired) electrons. The highest BCUT2D eigenvalue weighted by molar-refractivity contribution is 5.86. The second kappa shape index (κ2) is 10.1. The van der Waals surface area contributed by atoms with Crippen molar-refractivity contribution in [1.82, 2.24) is 10.6 Å². The van der Waals surface area contributed by atoms with Gasteiger partial charge in [0.05, 0.1) is 34.3 Å². The summed E-state index contributed by atoms with van der Waals surface area (Å²) in [5, 5.41) is 5.37. The van der Waals surface area contributed by atoms with Crippen molar-refractivity contribution in [3.05, 3.63) is 53.6 Å². The number of amides is 2. The van der Waals surface area contributed by atoms with Gasteiger partial charge >= 0.3 is 0 Å². The molecule has 0 atom stereocenters. The summed E-state index contributed by atoms with van der Waals surface area (Å²) in [5.41, 5.74) is 1.66. The minimum atomic E-state index is -0.266.